The number of nitrogens with zero attached hydrogens (tertiary/aromatic N) is 3. The van der Waals surface area contributed by atoms with Crippen LogP contribution in [0, 0.1) is 5.39 Å². The molecule has 0 bridgehead atoms. The van der Waals surface area contributed by atoms with E-state index in [1.165, 1.54) is 0 Å². The van der Waals surface area contributed by atoms with Crippen molar-refractivity contribution in [1.29, 1.82) is 5.39 Å². The summed E-state index contributed by atoms with van der Waals surface area (Å²) < 4.78 is 32.8. The summed E-state index contributed by atoms with van der Waals surface area (Å²) in [5.41, 5.74) is 1.76. The molecule has 1 rings (SSSR count). The smallest absolute Gasteiger partial charge is 0.385 e. The van der Waals surface area contributed by atoms with E-state index in [-0.39, 0.29) is 0 Å². The Morgan fingerprint density at radius 2 is 1.67 bits per heavy atom. The minimum absolute atomic E-state index is 0.593. The summed E-state index contributed by atoms with van der Waals surface area (Å²) in [4.78, 5) is 5.34. The summed E-state index contributed by atoms with van der Waals surface area (Å²) in [6, 6.07) is 7.52. The molecule has 100 valence electrons. The fourth-order valence-electron chi connectivity index (χ4n) is 1.32. The molecule has 0 heterocycles. The van der Waals surface area contributed by atoms with Gasteiger partial charge in [0.15, 0.2) is 4.98 Å². The van der Waals surface area contributed by atoms with E-state index in [0.29, 0.717) is 5.69 Å². The lowest BCUT2D eigenvalue weighted by Gasteiger charge is -2.20. The Morgan fingerprint density at radius 1 is 1.28 bits per heavy atom. The molecule has 18 heavy (non-hydrogen) atoms. The van der Waals surface area contributed by atoms with Crippen molar-refractivity contribution in [1.82, 2.24) is 0 Å². The number of benzene rings is 1. The van der Waals surface area contributed by atoms with Crippen molar-refractivity contribution in [2.75, 3.05) is 18.0 Å². The Labute approximate surface area is 106 Å². The predicted octanol–water partition coefficient (Wildman–Crippen LogP) is 2.02. The molecule has 0 radical (unpaired) electrons. The number of rotatable bonds is 3. The van der Waals surface area contributed by atoms with Crippen LogP contribution in [0.5, 0.6) is 0 Å². The number of hydrogen-bond donors (Lipinski definition) is 1. The van der Waals surface area contributed by atoms with Crippen molar-refractivity contribution < 1.29 is 17.5 Å². The van der Waals surface area contributed by atoms with Crippen LogP contribution in [-0.2, 0) is 10.4 Å². The van der Waals surface area contributed by atoms with Gasteiger partial charge in [-0.15, -0.1) is 0 Å². The van der Waals surface area contributed by atoms with Crippen LogP contribution in [0.2, 0.25) is 0 Å². The van der Waals surface area contributed by atoms with Gasteiger partial charge in [-0.05, 0) is 26.0 Å². The third-order valence-electron chi connectivity index (χ3n) is 2.09. The van der Waals surface area contributed by atoms with Gasteiger partial charge in [0, 0.05) is 30.9 Å². The molecule has 0 fully saturated rings. The SMILES string of the molecule is CCN(CC)c1ccc([N+]#N)cc1.O=S(=O)([O-])O. The molecule has 0 spiro atoms. The molecular formula is C10H15N3O4S. The van der Waals surface area contributed by atoms with Gasteiger partial charge in [0.2, 0.25) is 15.8 Å². The Hall–Kier alpha value is -1.69. The van der Waals surface area contributed by atoms with Crippen LogP contribution in [0.15, 0.2) is 24.3 Å². The molecule has 0 aliphatic heterocycles. The van der Waals surface area contributed by atoms with Crippen LogP contribution in [0.3, 0.4) is 0 Å². The summed E-state index contributed by atoms with van der Waals surface area (Å²) >= 11 is 0. The average molecular weight is 273 g/mol. The van der Waals surface area contributed by atoms with Gasteiger partial charge in [-0.25, -0.2) is 8.42 Å². The first-order valence-electron chi connectivity index (χ1n) is 5.20. The molecule has 1 aromatic rings. The first kappa shape index (κ1) is 16.3. The average Bonchev–Trinajstić information content (AvgIpc) is 2.29. The third-order valence-corrected chi connectivity index (χ3v) is 2.09. The zero-order valence-corrected chi connectivity index (χ0v) is 11.0. The Kier molecular flexibility index (Phi) is 6.89. The molecule has 7 nitrogen and oxygen atoms in total. The summed E-state index contributed by atoms with van der Waals surface area (Å²) in [6.07, 6.45) is 0. The molecule has 0 aromatic heterocycles. The molecule has 0 amide bonds. The maximum Gasteiger partial charge on any atom is 0.385 e. The van der Waals surface area contributed by atoms with Crippen LogP contribution >= 0.6 is 0 Å². The maximum absolute atomic E-state index is 8.63. The molecule has 0 saturated heterocycles. The van der Waals surface area contributed by atoms with Gasteiger partial charge in [0.1, 0.15) is 0 Å². The highest BCUT2D eigenvalue weighted by atomic mass is 32.3. The second-order valence-corrected chi connectivity index (χ2v) is 4.07. The van der Waals surface area contributed by atoms with Crippen molar-refractivity contribution in [2.45, 2.75) is 13.8 Å². The molecule has 0 aliphatic rings. The molecule has 0 atom stereocenters. The summed E-state index contributed by atoms with van der Waals surface area (Å²) in [5.74, 6) is 0. The highest BCUT2D eigenvalue weighted by Gasteiger charge is 2.05. The summed E-state index contributed by atoms with van der Waals surface area (Å²) in [7, 11) is -4.92. The van der Waals surface area contributed by atoms with E-state index >= 15 is 0 Å². The molecular weight excluding hydrogens is 258 g/mol. The highest BCUT2D eigenvalue weighted by Crippen LogP contribution is 2.19. The third kappa shape index (κ3) is 7.56. The minimum atomic E-state index is -4.92. The van der Waals surface area contributed by atoms with Gasteiger partial charge in [0.25, 0.3) is 0 Å². The molecule has 1 N–H and O–H groups in total. The Balaban J connectivity index is 0.000000494. The monoisotopic (exact) mass is 273 g/mol. The van der Waals surface area contributed by atoms with E-state index in [0.717, 1.165) is 18.8 Å². The molecule has 0 saturated carbocycles. The highest BCUT2D eigenvalue weighted by molar-refractivity contribution is 7.79. The van der Waals surface area contributed by atoms with E-state index in [1.807, 2.05) is 12.1 Å². The lowest BCUT2D eigenvalue weighted by atomic mass is 10.2. The zero-order chi connectivity index (χ0) is 14.2. The largest absolute Gasteiger partial charge is 0.726 e. The topological polar surface area (TPSA) is 109 Å². The van der Waals surface area contributed by atoms with Crippen LogP contribution < -0.4 is 4.90 Å². The van der Waals surface area contributed by atoms with Crippen LogP contribution in [0.4, 0.5) is 11.4 Å². The molecule has 8 heteroatoms. The quantitative estimate of drug-likeness (QED) is 0.512. The lowest BCUT2D eigenvalue weighted by molar-refractivity contribution is 0.366. The lowest BCUT2D eigenvalue weighted by Crippen LogP contribution is -2.21. The Morgan fingerprint density at radius 3 is 1.94 bits per heavy atom. The van der Waals surface area contributed by atoms with E-state index in [4.69, 9.17) is 22.9 Å². The number of anilines is 1. The molecule has 1 aromatic carbocycles. The van der Waals surface area contributed by atoms with Gasteiger partial charge < -0.3 is 9.45 Å². The van der Waals surface area contributed by atoms with E-state index in [2.05, 4.69) is 23.7 Å². The van der Waals surface area contributed by atoms with Crippen molar-refractivity contribution in [3.8, 4) is 0 Å². The minimum Gasteiger partial charge on any atom is -0.726 e. The fourth-order valence-corrected chi connectivity index (χ4v) is 1.32. The van der Waals surface area contributed by atoms with Crippen LogP contribution in [0.1, 0.15) is 13.8 Å². The predicted molar refractivity (Wildman–Crippen MR) is 67.1 cm³/mol. The zero-order valence-electron chi connectivity index (χ0n) is 10.1. The van der Waals surface area contributed by atoms with E-state index < -0.39 is 10.4 Å². The van der Waals surface area contributed by atoms with Gasteiger partial charge in [-0.1, -0.05) is 0 Å². The van der Waals surface area contributed by atoms with Crippen molar-refractivity contribution in [3.63, 3.8) is 0 Å². The second kappa shape index (κ2) is 7.60. The van der Waals surface area contributed by atoms with Crippen molar-refractivity contribution in [3.05, 3.63) is 29.2 Å². The second-order valence-electron chi connectivity index (χ2n) is 3.22. The van der Waals surface area contributed by atoms with Crippen LogP contribution in [-0.4, -0.2) is 30.6 Å². The molecule has 0 aliphatic carbocycles. The first-order valence-corrected chi connectivity index (χ1v) is 6.56. The summed E-state index contributed by atoms with van der Waals surface area (Å²) in [6.45, 7) is 6.22. The number of hydrogen-bond acceptors (Lipinski definition) is 5. The van der Waals surface area contributed by atoms with Gasteiger partial charge in [-0.2, -0.15) is 0 Å². The van der Waals surface area contributed by atoms with Gasteiger partial charge in [0.05, 0.1) is 0 Å². The summed E-state index contributed by atoms with van der Waals surface area (Å²) in [5, 5.41) is 8.49. The first-order chi connectivity index (χ1) is 8.31. The normalized spacial score (nSPS) is 9.94. The van der Waals surface area contributed by atoms with Crippen LogP contribution in [0.25, 0.3) is 4.98 Å². The van der Waals surface area contributed by atoms with Crippen molar-refractivity contribution >= 4 is 21.8 Å². The van der Waals surface area contributed by atoms with Gasteiger partial charge in [-0.3, -0.25) is 4.55 Å². The van der Waals surface area contributed by atoms with Crippen molar-refractivity contribution in [2.24, 2.45) is 0 Å². The Bertz CT molecular complexity index is 481. The number of diazo groups is 1. The fraction of sp³-hybridized carbons (Fsp3) is 0.400. The standard InChI is InChI=1S/C10H14N3.H2O4S/c1-3-13(4-2)10-7-5-9(12-11)6-8-10;1-5(2,3)4/h5-8H,3-4H2,1-2H3;(H2,1,2,3,4)/q+1;/p-1. The maximum atomic E-state index is 8.63. The van der Waals surface area contributed by atoms with E-state index in [9.17, 15) is 0 Å². The molecule has 0 unspecified atom stereocenters. The van der Waals surface area contributed by atoms with Gasteiger partial charge >= 0.3 is 5.69 Å². The van der Waals surface area contributed by atoms with E-state index in [1.54, 1.807) is 12.1 Å².